The Labute approximate surface area is 186 Å². The van der Waals surface area contributed by atoms with E-state index < -0.39 is 11.9 Å². The van der Waals surface area contributed by atoms with Crippen LogP contribution in [0.25, 0.3) is 11.1 Å². The van der Waals surface area contributed by atoms with Gasteiger partial charge in [0, 0.05) is 24.8 Å². The van der Waals surface area contributed by atoms with Crippen LogP contribution in [0.2, 0.25) is 0 Å². The lowest BCUT2D eigenvalue weighted by atomic mass is 9.89. The van der Waals surface area contributed by atoms with Gasteiger partial charge in [0.05, 0.1) is 11.1 Å². The number of pyridine rings is 2. The van der Waals surface area contributed by atoms with Crippen LogP contribution in [0, 0.1) is 6.92 Å². The van der Waals surface area contributed by atoms with E-state index >= 15 is 0 Å². The fourth-order valence-electron chi connectivity index (χ4n) is 3.27. The van der Waals surface area contributed by atoms with Crippen molar-refractivity contribution in [2.24, 2.45) is 0 Å². The van der Waals surface area contributed by atoms with Gasteiger partial charge in [-0.25, -0.2) is 9.59 Å². The number of hydrogen-bond acceptors (Lipinski definition) is 4. The van der Waals surface area contributed by atoms with E-state index in [2.05, 4.69) is 9.97 Å². The molecule has 3 aromatic rings. The van der Waals surface area contributed by atoms with Crippen LogP contribution in [0.1, 0.15) is 51.3 Å². The molecule has 0 bridgehead atoms. The minimum absolute atomic E-state index is 0. The standard InChI is InChI=1S/C13H16O4.C10H8N2.BrH/c1-4-8-7(3)6-10(12(14)15)9(5-2)11(8)13(16)17;1-5-11-6-2-9(1)10-3-7-12-8-4-10;/h6H,4-5H2,1-3H3,(H,14,15)(H,16,17);1-8H;1H. The van der Waals surface area contributed by atoms with Crippen LogP contribution < -0.4 is 0 Å². The number of nitrogens with zero attached hydrogens (tertiary/aromatic N) is 2. The third-order valence-corrected chi connectivity index (χ3v) is 4.61. The first kappa shape index (κ1) is 25.0. The number of hydrogen-bond donors (Lipinski definition) is 2. The van der Waals surface area contributed by atoms with Crippen LogP contribution in [0.15, 0.2) is 55.1 Å². The average molecular weight is 473 g/mol. The normalized spacial score (nSPS) is 9.70. The lowest BCUT2D eigenvalue weighted by molar-refractivity contribution is 0.0694. The Morgan fingerprint density at radius 2 is 1.23 bits per heavy atom. The lowest BCUT2D eigenvalue weighted by Gasteiger charge is -2.15. The maximum Gasteiger partial charge on any atom is 0.336 e. The highest BCUT2D eigenvalue weighted by molar-refractivity contribution is 8.93. The average Bonchev–Trinajstić information content (AvgIpc) is 2.74. The highest BCUT2D eigenvalue weighted by atomic mass is 79.9. The topological polar surface area (TPSA) is 100 Å². The first-order chi connectivity index (χ1) is 13.9. The molecular formula is C23H25BrN2O4. The monoisotopic (exact) mass is 472 g/mol. The first-order valence-corrected chi connectivity index (χ1v) is 9.32. The molecule has 0 radical (unpaired) electrons. The second-order valence-corrected chi connectivity index (χ2v) is 6.36. The predicted octanol–water partition coefficient (Wildman–Crippen LogP) is 5.24. The van der Waals surface area contributed by atoms with Crippen molar-refractivity contribution in [2.45, 2.75) is 33.6 Å². The Bertz CT molecular complexity index is 956. The van der Waals surface area contributed by atoms with Crippen LogP contribution >= 0.6 is 17.0 Å². The number of carboxylic acids is 2. The van der Waals surface area contributed by atoms with Crippen LogP contribution in [0.3, 0.4) is 0 Å². The highest BCUT2D eigenvalue weighted by Gasteiger charge is 2.22. The summed E-state index contributed by atoms with van der Waals surface area (Å²) in [5, 5.41) is 18.3. The zero-order chi connectivity index (χ0) is 21.4. The summed E-state index contributed by atoms with van der Waals surface area (Å²) in [6.45, 7) is 5.38. The van der Waals surface area contributed by atoms with Crippen LogP contribution in [0.5, 0.6) is 0 Å². The molecule has 1 aromatic carbocycles. The molecule has 0 aliphatic carbocycles. The van der Waals surface area contributed by atoms with E-state index in [1.54, 1.807) is 44.7 Å². The van der Waals surface area contributed by atoms with Gasteiger partial charge in [-0.05, 0) is 77.9 Å². The van der Waals surface area contributed by atoms with Crippen molar-refractivity contribution in [1.29, 1.82) is 0 Å². The zero-order valence-electron chi connectivity index (χ0n) is 17.1. The molecule has 0 spiro atoms. The second-order valence-electron chi connectivity index (χ2n) is 6.36. The van der Waals surface area contributed by atoms with Gasteiger partial charge in [0.15, 0.2) is 0 Å². The molecule has 6 nitrogen and oxygen atoms in total. The summed E-state index contributed by atoms with van der Waals surface area (Å²) in [6, 6.07) is 9.49. The molecule has 0 amide bonds. The predicted molar refractivity (Wildman–Crippen MR) is 122 cm³/mol. The van der Waals surface area contributed by atoms with Crippen LogP contribution in [-0.2, 0) is 12.8 Å². The lowest BCUT2D eigenvalue weighted by Crippen LogP contribution is -2.14. The molecule has 0 aliphatic rings. The number of benzene rings is 1. The first-order valence-electron chi connectivity index (χ1n) is 9.32. The third-order valence-electron chi connectivity index (χ3n) is 4.61. The van der Waals surface area contributed by atoms with E-state index in [0.29, 0.717) is 18.4 Å². The molecule has 0 fully saturated rings. The Morgan fingerprint density at radius 3 is 1.57 bits per heavy atom. The minimum Gasteiger partial charge on any atom is -0.478 e. The van der Waals surface area contributed by atoms with Gasteiger partial charge >= 0.3 is 11.9 Å². The number of halogens is 1. The molecule has 0 saturated heterocycles. The Kier molecular flexibility index (Phi) is 9.84. The molecule has 30 heavy (non-hydrogen) atoms. The van der Waals surface area contributed by atoms with E-state index in [9.17, 15) is 14.7 Å². The molecule has 2 heterocycles. The fraction of sp³-hybridized carbons (Fsp3) is 0.217. The molecule has 2 N–H and O–H groups in total. The van der Waals surface area contributed by atoms with Gasteiger partial charge in [0.1, 0.15) is 0 Å². The van der Waals surface area contributed by atoms with Crippen molar-refractivity contribution >= 4 is 28.9 Å². The summed E-state index contributed by atoms with van der Waals surface area (Å²) in [7, 11) is 0. The van der Waals surface area contributed by atoms with Gasteiger partial charge in [-0.15, -0.1) is 17.0 Å². The molecule has 0 aliphatic heterocycles. The fourth-order valence-corrected chi connectivity index (χ4v) is 3.27. The van der Waals surface area contributed by atoms with E-state index in [-0.39, 0.29) is 28.1 Å². The smallest absolute Gasteiger partial charge is 0.336 e. The summed E-state index contributed by atoms with van der Waals surface area (Å²) in [5.74, 6) is -2.12. The molecule has 0 atom stereocenters. The van der Waals surface area contributed by atoms with Crippen molar-refractivity contribution in [1.82, 2.24) is 9.97 Å². The summed E-state index contributed by atoms with van der Waals surface area (Å²) in [6.07, 6.45) is 8.13. The van der Waals surface area contributed by atoms with Gasteiger partial charge in [-0.1, -0.05) is 13.8 Å². The maximum absolute atomic E-state index is 11.3. The number of aryl methyl sites for hydroxylation is 1. The minimum atomic E-state index is -1.07. The number of aromatic nitrogens is 2. The highest BCUT2D eigenvalue weighted by Crippen LogP contribution is 2.25. The Morgan fingerprint density at radius 1 is 0.800 bits per heavy atom. The van der Waals surface area contributed by atoms with Crippen molar-refractivity contribution in [3.63, 3.8) is 0 Å². The van der Waals surface area contributed by atoms with Crippen LogP contribution in [-0.4, -0.2) is 32.1 Å². The van der Waals surface area contributed by atoms with Gasteiger partial charge in [-0.2, -0.15) is 0 Å². The van der Waals surface area contributed by atoms with Gasteiger partial charge in [0.25, 0.3) is 0 Å². The second kappa shape index (κ2) is 11.8. The van der Waals surface area contributed by atoms with Crippen molar-refractivity contribution in [3.05, 3.63) is 82.9 Å². The van der Waals surface area contributed by atoms with Crippen LogP contribution in [0.4, 0.5) is 0 Å². The number of rotatable bonds is 5. The summed E-state index contributed by atoms with van der Waals surface area (Å²) >= 11 is 0. The quantitative estimate of drug-likeness (QED) is 0.526. The number of carbonyl (C=O) groups is 2. The SMILES string of the molecule is Br.CCc1c(C)cc(C(=O)O)c(CC)c1C(=O)O.c1cc(-c2ccncc2)ccn1. The summed E-state index contributed by atoms with van der Waals surface area (Å²) in [4.78, 5) is 30.3. The van der Waals surface area contributed by atoms with Gasteiger partial charge in [-0.3, -0.25) is 9.97 Å². The molecule has 2 aromatic heterocycles. The number of aromatic carboxylic acids is 2. The third kappa shape index (κ3) is 5.97. The molecule has 158 valence electrons. The maximum atomic E-state index is 11.3. The van der Waals surface area contributed by atoms with E-state index in [0.717, 1.165) is 11.1 Å². The molecule has 0 saturated carbocycles. The Hall–Kier alpha value is -3.06. The van der Waals surface area contributed by atoms with E-state index in [4.69, 9.17) is 5.11 Å². The van der Waals surface area contributed by atoms with Crippen molar-refractivity contribution in [3.8, 4) is 11.1 Å². The van der Waals surface area contributed by atoms with Crippen molar-refractivity contribution < 1.29 is 19.8 Å². The van der Waals surface area contributed by atoms with Gasteiger partial charge in [0.2, 0.25) is 0 Å². The summed E-state index contributed by atoms with van der Waals surface area (Å²) in [5.41, 5.74) is 4.46. The van der Waals surface area contributed by atoms with E-state index in [1.807, 2.05) is 31.2 Å². The zero-order valence-corrected chi connectivity index (χ0v) is 18.8. The number of carboxylic acid groups (broad SMARTS) is 2. The van der Waals surface area contributed by atoms with Gasteiger partial charge < -0.3 is 10.2 Å². The largest absolute Gasteiger partial charge is 0.478 e. The molecule has 7 heteroatoms. The molecule has 3 rings (SSSR count). The van der Waals surface area contributed by atoms with E-state index in [1.165, 1.54) is 11.1 Å². The summed E-state index contributed by atoms with van der Waals surface area (Å²) < 4.78 is 0. The Balaban J connectivity index is 0.000000304. The molecule has 0 unspecified atom stereocenters. The molecular weight excluding hydrogens is 448 g/mol. The van der Waals surface area contributed by atoms with Crippen molar-refractivity contribution in [2.75, 3.05) is 0 Å².